The second-order valence-electron chi connectivity index (χ2n) is 6.49. The summed E-state index contributed by atoms with van der Waals surface area (Å²) in [6, 6.07) is 0.473. The van der Waals surface area contributed by atoms with Gasteiger partial charge in [0.05, 0.1) is 6.04 Å². The van der Waals surface area contributed by atoms with Crippen molar-refractivity contribution in [2.75, 3.05) is 0 Å². The lowest BCUT2D eigenvalue weighted by atomic mass is 9.96. The van der Waals surface area contributed by atoms with E-state index in [-0.39, 0.29) is 10.7 Å². The van der Waals surface area contributed by atoms with Crippen molar-refractivity contribution < 1.29 is 4.79 Å². The summed E-state index contributed by atoms with van der Waals surface area (Å²) >= 11 is 1.63. The lowest BCUT2D eigenvalue weighted by Gasteiger charge is -2.23. The van der Waals surface area contributed by atoms with Crippen molar-refractivity contribution in [1.82, 2.24) is 5.32 Å². The summed E-state index contributed by atoms with van der Waals surface area (Å²) in [4.78, 5) is 16.9. The van der Waals surface area contributed by atoms with E-state index in [1.807, 2.05) is 6.92 Å². The number of thioether (sulfide) groups is 1. The monoisotopic (exact) mass is 266 g/mol. The first-order valence-corrected chi connectivity index (χ1v) is 7.89. The SMILES string of the molecule is CC(C)C1(C)SC(=NC2C[C@@H]3CC[C@H]2C3)NC1=O. The molecule has 1 heterocycles. The van der Waals surface area contributed by atoms with Crippen LogP contribution in [0.3, 0.4) is 0 Å². The van der Waals surface area contributed by atoms with Crippen LogP contribution in [0.2, 0.25) is 0 Å². The van der Waals surface area contributed by atoms with Gasteiger partial charge in [-0.3, -0.25) is 9.79 Å². The Morgan fingerprint density at radius 2 is 2.17 bits per heavy atom. The van der Waals surface area contributed by atoms with Crippen LogP contribution in [0, 0.1) is 17.8 Å². The van der Waals surface area contributed by atoms with Gasteiger partial charge in [0, 0.05) is 0 Å². The van der Waals surface area contributed by atoms with E-state index in [0.717, 1.165) is 17.0 Å². The highest BCUT2D eigenvalue weighted by Crippen LogP contribution is 2.47. The minimum atomic E-state index is -0.337. The quantitative estimate of drug-likeness (QED) is 0.835. The van der Waals surface area contributed by atoms with E-state index in [4.69, 9.17) is 4.99 Å². The Morgan fingerprint density at radius 1 is 1.39 bits per heavy atom. The molecule has 2 saturated carbocycles. The van der Waals surface area contributed by atoms with Crippen LogP contribution in [-0.4, -0.2) is 21.9 Å². The summed E-state index contributed by atoms with van der Waals surface area (Å²) in [7, 11) is 0. The molecule has 0 aromatic heterocycles. The van der Waals surface area contributed by atoms with E-state index in [9.17, 15) is 4.79 Å². The number of carbonyl (C=O) groups excluding carboxylic acids is 1. The summed E-state index contributed by atoms with van der Waals surface area (Å²) in [6.07, 6.45) is 5.34. The van der Waals surface area contributed by atoms with Crippen LogP contribution in [0.1, 0.15) is 46.5 Å². The minimum absolute atomic E-state index is 0.129. The standard InChI is InChI=1S/C14H22N2OS/c1-8(2)14(3)12(17)16-13(18-14)15-11-7-9-4-5-10(11)6-9/h8-11H,4-7H2,1-3H3,(H,15,16,17)/t9-,10+,11?,14?/m1/s1. The number of rotatable bonds is 2. The number of amidine groups is 1. The van der Waals surface area contributed by atoms with E-state index in [1.54, 1.807) is 11.8 Å². The molecule has 1 saturated heterocycles. The third-order valence-corrected chi connectivity index (χ3v) is 6.55. The van der Waals surface area contributed by atoms with E-state index in [0.29, 0.717) is 12.0 Å². The fraction of sp³-hybridized carbons (Fsp3) is 0.857. The molecule has 3 rings (SSSR count). The van der Waals surface area contributed by atoms with Crippen molar-refractivity contribution in [3.05, 3.63) is 0 Å². The number of amides is 1. The summed E-state index contributed by atoms with van der Waals surface area (Å²) in [6.45, 7) is 6.24. The first kappa shape index (κ1) is 12.5. The molecule has 2 bridgehead atoms. The molecule has 1 N–H and O–H groups in total. The Kier molecular flexibility index (Phi) is 2.96. The predicted molar refractivity (Wildman–Crippen MR) is 75.6 cm³/mol. The maximum atomic E-state index is 12.1. The van der Waals surface area contributed by atoms with Crippen molar-refractivity contribution in [1.29, 1.82) is 0 Å². The molecule has 0 radical (unpaired) electrons. The Hall–Kier alpha value is -0.510. The summed E-state index contributed by atoms with van der Waals surface area (Å²) in [5.41, 5.74) is 0. The molecule has 2 aliphatic carbocycles. The molecule has 0 aromatic carbocycles. The number of nitrogens with zero attached hydrogens (tertiary/aromatic N) is 1. The Morgan fingerprint density at radius 3 is 2.67 bits per heavy atom. The fourth-order valence-corrected chi connectivity index (χ4v) is 4.57. The van der Waals surface area contributed by atoms with Crippen LogP contribution in [0.5, 0.6) is 0 Å². The molecule has 18 heavy (non-hydrogen) atoms. The molecule has 3 fully saturated rings. The molecule has 4 atom stereocenters. The number of aliphatic imine (C=N–C) groups is 1. The molecule has 4 heteroatoms. The van der Waals surface area contributed by atoms with Crippen molar-refractivity contribution in [2.24, 2.45) is 22.7 Å². The second kappa shape index (κ2) is 4.26. The molecule has 1 aliphatic heterocycles. The highest BCUT2D eigenvalue weighted by molar-refractivity contribution is 8.16. The number of hydrogen-bond acceptors (Lipinski definition) is 3. The van der Waals surface area contributed by atoms with Gasteiger partial charge < -0.3 is 5.32 Å². The average Bonchev–Trinajstić information content (AvgIpc) is 2.95. The number of nitrogens with one attached hydrogen (secondary N) is 1. The van der Waals surface area contributed by atoms with Crippen LogP contribution in [0.15, 0.2) is 4.99 Å². The summed E-state index contributed by atoms with van der Waals surface area (Å²) in [5.74, 6) is 2.15. The van der Waals surface area contributed by atoms with Crippen LogP contribution in [0.25, 0.3) is 0 Å². The van der Waals surface area contributed by atoms with Crippen LogP contribution >= 0.6 is 11.8 Å². The molecule has 3 aliphatic rings. The summed E-state index contributed by atoms with van der Waals surface area (Å²) in [5, 5.41) is 3.86. The Labute approximate surface area is 113 Å². The molecule has 0 aromatic rings. The van der Waals surface area contributed by atoms with Gasteiger partial charge in [-0.15, -0.1) is 0 Å². The third kappa shape index (κ3) is 1.89. The minimum Gasteiger partial charge on any atom is -0.304 e. The van der Waals surface area contributed by atoms with Crippen molar-refractivity contribution in [3.8, 4) is 0 Å². The van der Waals surface area contributed by atoms with E-state index in [1.165, 1.54) is 25.7 Å². The fourth-order valence-electron chi connectivity index (χ4n) is 3.45. The van der Waals surface area contributed by atoms with Gasteiger partial charge in [-0.25, -0.2) is 0 Å². The topological polar surface area (TPSA) is 41.5 Å². The predicted octanol–water partition coefficient (Wildman–Crippen LogP) is 2.81. The Balaban J connectivity index is 1.74. The van der Waals surface area contributed by atoms with Gasteiger partial charge >= 0.3 is 0 Å². The maximum absolute atomic E-state index is 12.1. The van der Waals surface area contributed by atoms with E-state index >= 15 is 0 Å². The van der Waals surface area contributed by atoms with E-state index in [2.05, 4.69) is 19.2 Å². The molecule has 1 amide bonds. The van der Waals surface area contributed by atoms with Gasteiger partial charge in [-0.05, 0) is 43.9 Å². The zero-order chi connectivity index (χ0) is 12.9. The molecule has 100 valence electrons. The molecule has 3 nitrogen and oxygen atoms in total. The van der Waals surface area contributed by atoms with Crippen molar-refractivity contribution in [2.45, 2.75) is 57.2 Å². The van der Waals surface area contributed by atoms with Crippen LogP contribution < -0.4 is 5.32 Å². The van der Waals surface area contributed by atoms with Crippen LogP contribution in [0.4, 0.5) is 0 Å². The highest BCUT2D eigenvalue weighted by atomic mass is 32.2. The first-order chi connectivity index (χ1) is 8.49. The molecular formula is C14H22N2OS. The number of carbonyl (C=O) groups is 1. The highest BCUT2D eigenvalue weighted by Gasteiger charge is 2.46. The van der Waals surface area contributed by atoms with Gasteiger partial charge in [0.25, 0.3) is 0 Å². The maximum Gasteiger partial charge on any atom is 0.242 e. The Bertz CT molecular complexity index is 407. The molecular weight excluding hydrogens is 244 g/mol. The largest absolute Gasteiger partial charge is 0.304 e. The zero-order valence-corrected chi connectivity index (χ0v) is 12.2. The molecule has 2 unspecified atom stereocenters. The van der Waals surface area contributed by atoms with Crippen LogP contribution in [-0.2, 0) is 4.79 Å². The van der Waals surface area contributed by atoms with Gasteiger partial charge in [0.1, 0.15) is 4.75 Å². The normalized spacial score (nSPS) is 45.2. The lowest BCUT2D eigenvalue weighted by Crippen LogP contribution is -2.38. The molecule has 0 spiro atoms. The smallest absolute Gasteiger partial charge is 0.242 e. The average molecular weight is 266 g/mol. The number of fused-ring (bicyclic) bond motifs is 2. The van der Waals surface area contributed by atoms with E-state index < -0.39 is 0 Å². The van der Waals surface area contributed by atoms with Crippen molar-refractivity contribution >= 4 is 22.8 Å². The van der Waals surface area contributed by atoms with Crippen molar-refractivity contribution in [3.63, 3.8) is 0 Å². The van der Waals surface area contributed by atoms with Gasteiger partial charge in [0.15, 0.2) is 5.17 Å². The summed E-state index contributed by atoms with van der Waals surface area (Å²) < 4.78 is -0.337. The number of hydrogen-bond donors (Lipinski definition) is 1. The van der Waals surface area contributed by atoms with Gasteiger partial charge in [-0.1, -0.05) is 32.0 Å². The third-order valence-electron chi connectivity index (χ3n) is 5.07. The van der Waals surface area contributed by atoms with Gasteiger partial charge in [0.2, 0.25) is 5.91 Å². The van der Waals surface area contributed by atoms with Gasteiger partial charge in [-0.2, -0.15) is 0 Å². The zero-order valence-electron chi connectivity index (χ0n) is 11.4. The second-order valence-corrected chi connectivity index (χ2v) is 7.93. The lowest BCUT2D eigenvalue weighted by molar-refractivity contribution is -0.122. The first-order valence-electron chi connectivity index (χ1n) is 7.07.